The van der Waals surface area contributed by atoms with Gasteiger partial charge in [-0.3, -0.25) is 4.79 Å². The van der Waals surface area contributed by atoms with Crippen molar-refractivity contribution in [1.29, 1.82) is 0 Å². The molecule has 0 bridgehead atoms. The van der Waals surface area contributed by atoms with Gasteiger partial charge in [0, 0.05) is 41.7 Å². The van der Waals surface area contributed by atoms with Crippen molar-refractivity contribution in [2.24, 2.45) is 0 Å². The van der Waals surface area contributed by atoms with Crippen molar-refractivity contribution in [3.63, 3.8) is 0 Å². The fourth-order valence-electron chi connectivity index (χ4n) is 3.26. The van der Waals surface area contributed by atoms with Crippen LogP contribution in [0.15, 0.2) is 61.1 Å². The van der Waals surface area contributed by atoms with E-state index in [4.69, 9.17) is 0 Å². The fraction of sp³-hybridized carbons (Fsp3) is 0.174. The predicted molar refractivity (Wildman–Crippen MR) is 116 cm³/mol. The average Bonchev–Trinajstić information content (AvgIpc) is 3.15. The summed E-state index contributed by atoms with van der Waals surface area (Å²) in [4.78, 5) is 24.3. The van der Waals surface area contributed by atoms with Crippen LogP contribution in [-0.2, 0) is 6.42 Å². The van der Waals surface area contributed by atoms with Gasteiger partial charge in [-0.1, -0.05) is 30.3 Å². The molecule has 3 N–H and O–H groups in total. The topological polar surface area (TPSA) is 82.7 Å². The van der Waals surface area contributed by atoms with Crippen LogP contribution in [0.5, 0.6) is 0 Å². The van der Waals surface area contributed by atoms with Crippen molar-refractivity contribution in [1.82, 2.24) is 15.0 Å². The number of aromatic amines is 1. The Labute approximate surface area is 169 Å². The molecule has 0 unspecified atom stereocenters. The number of aryl methyl sites for hydroxylation is 1. The highest BCUT2D eigenvalue weighted by atomic mass is 16.1. The van der Waals surface area contributed by atoms with Crippen molar-refractivity contribution in [2.45, 2.75) is 20.3 Å². The Bertz CT molecular complexity index is 1150. The van der Waals surface area contributed by atoms with E-state index in [0.717, 1.165) is 28.8 Å². The second-order valence-electron chi connectivity index (χ2n) is 7.03. The number of nitrogens with zero attached hydrogens (tertiary/aromatic N) is 2. The summed E-state index contributed by atoms with van der Waals surface area (Å²) in [5.74, 6) is 0.289. The number of fused-ring (bicyclic) bond motifs is 1. The molecule has 0 fully saturated rings. The van der Waals surface area contributed by atoms with Crippen LogP contribution in [0.2, 0.25) is 0 Å². The van der Waals surface area contributed by atoms with Crippen LogP contribution in [0, 0.1) is 13.8 Å². The molecule has 0 spiro atoms. The normalized spacial score (nSPS) is 10.8. The maximum absolute atomic E-state index is 12.5. The number of H-pyrrole nitrogens is 1. The number of rotatable bonds is 6. The third-order valence-electron chi connectivity index (χ3n) is 5.12. The first-order valence-corrected chi connectivity index (χ1v) is 9.60. The lowest BCUT2D eigenvalue weighted by molar-refractivity contribution is 0.102. The number of benzene rings is 2. The van der Waals surface area contributed by atoms with Crippen molar-refractivity contribution < 1.29 is 4.79 Å². The smallest absolute Gasteiger partial charge is 0.258 e. The molecule has 1 amide bonds. The van der Waals surface area contributed by atoms with Crippen LogP contribution in [-0.4, -0.2) is 27.4 Å². The molecule has 0 radical (unpaired) electrons. The number of anilines is 2. The molecule has 0 atom stereocenters. The van der Waals surface area contributed by atoms with Crippen LogP contribution in [0.25, 0.3) is 10.9 Å². The first-order chi connectivity index (χ1) is 14.1. The van der Waals surface area contributed by atoms with E-state index in [9.17, 15) is 4.79 Å². The van der Waals surface area contributed by atoms with Gasteiger partial charge in [0.05, 0.1) is 5.56 Å². The summed E-state index contributed by atoms with van der Waals surface area (Å²) in [5.41, 5.74) is 5.80. The van der Waals surface area contributed by atoms with Gasteiger partial charge in [0.25, 0.3) is 5.91 Å². The molecule has 0 saturated carbocycles. The molecule has 29 heavy (non-hydrogen) atoms. The van der Waals surface area contributed by atoms with Crippen molar-refractivity contribution in [3.8, 4) is 0 Å². The van der Waals surface area contributed by atoms with Gasteiger partial charge in [-0.2, -0.15) is 0 Å². The molecule has 4 aromatic rings. The lowest BCUT2D eigenvalue weighted by Gasteiger charge is -2.10. The monoisotopic (exact) mass is 385 g/mol. The number of hydrogen-bond acceptors (Lipinski definition) is 4. The number of hydrogen-bond donors (Lipinski definition) is 3. The Kier molecular flexibility index (Phi) is 5.24. The van der Waals surface area contributed by atoms with E-state index in [1.165, 1.54) is 10.9 Å². The first-order valence-electron chi connectivity index (χ1n) is 9.60. The first kappa shape index (κ1) is 18.7. The Balaban J connectivity index is 1.35. The Morgan fingerprint density at radius 2 is 1.83 bits per heavy atom. The summed E-state index contributed by atoms with van der Waals surface area (Å²) in [5, 5.41) is 7.37. The molecule has 2 heterocycles. The molecule has 2 aromatic heterocycles. The zero-order valence-corrected chi connectivity index (χ0v) is 16.5. The van der Waals surface area contributed by atoms with Gasteiger partial charge in [-0.15, -0.1) is 0 Å². The molecular weight excluding hydrogens is 362 g/mol. The summed E-state index contributed by atoms with van der Waals surface area (Å²) < 4.78 is 0. The van der Waals surface area contributed by atoms with Crippen LogP contribution in [0.1, 0.15) is 27.0 Å². The number of nitrogens with one attached hydrogen (secondary N) is 3. The number of aromatic nitrogens is 3. The van der Waals surface area contributed by atoms with Crippen molar-refractivity contribution in [3.05, 3.63) is 83.3 Å². The standard InChI is InChI=1S/C23H23N5O/c1-15-6-5-9-20(16(15)2)28-22(29)18-13-26-23(27-14-18)24-11-10-17-12-25-21-8-4-3-7-19(17)21/h3-9,12-14,25H,10-11H2,1-2H3,(H,28,29)(H,24,26,27). The molecule has 4 rings (SSSR count). The average molecular weight is 385 g/mol. The fourth-order valence-corrected chi connectivity index (χ4v) is 3.26. The Hall–Kier alpha value is -3.67. The van der Waals surface area contributed by atoms with Gasteiger partial charge in [-0.25, -0.2) is 9.97 Å². The van der Waals surface area contributed by atoms with E-state index in [1.54, 1.807) is 12.4 Å². The number of carbonyl (C=O) groups is 1. The van der Waals surface area contributed by atoms with Gasteiger partial charge < -0.3 is 15.6 Å². The third kappa shape index (κ3) is 4.11. The summed E-state index contributed by atoms with van der Waals surface area (Å²) in [7, 11) is 0. The van der Waals surface area contributed by atoms with Crippen molar-refractivity contribution >= 4 is 28.4 Å². The van der Waals surface area contributed by atoms with E-state index in [0.29, 0.717) is 18.1 Å². The lowest BCUT2D eigenvalue weighted by Crippen LogP contribution is -2.15. The van der Waals surface area contributed by atoms with Crippen LogP contribution < -0.4 is 10.6 Å². The highest BCUT2D eigenvalue weighted by molar-refractivity contribution is 6.04. The summed E-state index contributed by atoms with van der Waals surface area (Å²) >= 11 is 0. The molecule has 0 aliphatic heterocycles. The summed E-state index contributed by atoms with van der Waals surface area (Å²) in [6.07, 6.45) is 5.97. The molecule has 2 aromatic carbocycles. The number of para-hydroxylation sites is 1. The van der Waals surface area contributed by atoms with E-state index >= 15 is 0 Å². The Morgan fingerprint density at radius 1 is 1.03 bits per heavy atom. The highest BCUT2D eigenvalue weighted by Crippen LogP contribution is 2.19. The molecule has 6 heteroatoms. The van der Waals surface area contributed by atoms with Gasteiger partial charge in [0.1, 0.15) is 0 Å². The molecule has 0 saturated heterocycles. The van der Waals surface area contributed by atoms with Crippen LogP contribution in [0.3, 0.4) is 0 Å². The predicted octanol–water partition coefficient (Wildman–Crippen LogP) is 4.48. The molecule has 6 nitrogen and oxygen atoms in total. The molecule has 0 aliphatic rings. The zero-order chi connectivity index (χ0) is 20.2. The zero-order valence-electron chi connectivity index (χ0n) is 16.5. The van der Waals surface area contributed by atoms with E-state index < -0.39 is 0 Å². The summed E-state index contributed by atoms with van der Waals surface area (Å²) in [6, 6.07) is 14.1. The maximum atomic E-state index is 12.5. The van der Waals surface area contributed by atoms with E-state index in [1.807, 2.05) is 50.4 Å². The third-order valence-corrected chi connectivity index (χ3v) is 5.12. The second-order valence-corrected chi connectivity index (χ2v) is 7.03. The molecular formula is C23H23N5O. The van der Waals surface area contributed by atoms with Gasteiger partial charge >= 0.3 is 0 Å². The summed E-state index contributed by atoms with van der Waals surface area (Å²) in [6.45, 7) is 4.71. The molecule has 146 valence electrons. The Morgan fingerprint density at radius 3 is 2.66 bits per heavy atom. The number of carbonyl (C=O) groups excluding carboxylic acids is 1. The van der Waals surface area contributed by atoms with Gasteiger partial charge in [-0.05, 0) is 49.1 Å². The minimum absolute atomic E-state index is 0.218. The lowest BCUT2D eigenvalue weighted by atomic mass is 10.1. The SMILES string of the molecule is Cc1cccc(NC(=O)c2cnc(NCCc3c[nH]c4ccccc34)nc2)c1C. The van der Waals surface area contributed by atoms with Crippen LogP contribution >= 0.6 is 0 Å². The minimum Gasteiger partial charge on any atom is -0.361 e. The van der Waals surface area contributed by atoms with Gasteiger partial charge in [0.2, 0.25) is 5.95 Å². The largest absolute Gasteiger partial charge is 0.361 e. The van der Waals surface area contributed by atoms with Gasteiger partial charge in [0.15, 0.2) is 0 Å². The maximum Gasteiger partial charge on any atom is 0.258 e. The number of amides is 1. The quantitative estimate of drug-likeness (QED) is 0.457. The van der Waals surface area contributed by atoms with E-state index in [-0.39, 0.29) is 5.91 Å². The van der Waals surface area contributed by atoms with Crippen molar-refractivity contribution in [2.75, 3.05) is 17.2 Å². The second kappa shape index (κ2) is 8.14. The molecule has 0 aliphatic carbocycles. The van der Waals surface area contributed by atoms with Crippen LogP contribution in [0.4, 0.5) is 11.6 Å². The van der Waals surface area contributed by atoms with E-state index in [2.05, 4.69) is 37.7 Å². The minimum atomic E-state index is -0.218. The highest BCUT2D eigenvalue weighted by Gasteiger charge is 2.10.